The van der Waals surface area contributed by atoms with Crippen LogP contribution in [0.2, 0.25) is 5.02 Å². The number of rotatable bonds is 1. The highest BCUT2D eigenvalue weighted by Crippen LogP contribution is 2.26. The average Bonchev–Trinajstić information content (AvgIpc) is 2.85. The first-order chi connectivity index (χ1) is 9.15. The van der Waals surface area contributed by atoms with Crippen molar-refractivity contribution in [3.05, 3.63) is 67.7 Å². The molecule has 2 aromatic carbocycles. The number of hydrogen-bond acceptors (Lipinski definition) is 1. The third-order valence-corrected chi connectivity index (χ3v) is 4.87. The molecule has 4 heteroatoms. The van der Waals surface area contributed by atoms with E-state index in [1.54, 1.807) is 6.07 Å². The van der Waals surface area contributed by atoms with Crippen molar-refractivity contribution in [1.29, 1.82) is 0 Å². The van der Waals surface area contributed by atoms with Gasteiger partial charge in [-0.15, -0.1) is 0 Å². The summed E-state index contributed by atoms with van der Waals surface area (Å²) in [6.45, 7) is 1.36. The summed E-state index contributed by atoms with van der Waals surface area (Å²) in [4.78, 5) is 14.3. The van der Waals surface area contributed by atoms with Crippen molar-refractivity contribution in [2.45, 2.75) is 13.1 Å². The monoisotopic (exact) mass is 383 g/mol. The minimum atomic E-state index is 0.0366. The van der Waals surface area contributed by atoms with Crippen molar-refractivity contribution in [3.8, 4) is 0 Å². The van der Waals surface area contributed by atoms with E-state index in [0.717, 1.165) is 3.57 Å². The van der Waals surface area contributed by atoms with Crippen LogP contribution < -0.4 is 0 Å². The number of benzene rings is 2. The molecular weight excluding hydrogens is 373 g/mol. The molecule has 3 rings (SSSR count). The maximum absolute atomic E-state index is 12.4. The predicted molar refractivity (Wildman–Crippen MR) is 84.2 cm³/mol. The van der Waals surface area contributed by atoms with E-state index >= 15 is 0 Å². The molecule has 0 saturated carbocycles. The van der Waals surface area contributed by atoms with Crippen molar-refractivity contribution in [1.82, 2.24) is 4.90 Å². The Kier molecular flexibility index (Phi) is 3.50. The Morgan fingerprint density at radius 3 is 2.32 bits per heavy atom. The molecule has 0 spiro atoms. The standard InChI is InChI=1S/C15H11ClINO/c16-13-7-10(5-6-14(13)17)15(19)18-8-11-3-1-2-4-12(11)9-18/h1-7H,8-9H2. The second-order valence-corrected chi connectivity index (χ2v) is 6.13. The van der Waals surface area contributed by atoms with E-state index in [1.807, 2.05) is 29.2 Å². The third-order valence-electron chi connectivity index (χ3n) is 3.29. The van der Waals surface area contributed by atoms with Gasteiger partial charge in [0.1, 0.15) is 0 Å². The van der Waals surface area contributed by atoms with Gasteiger partial charge >= 0.3 is 0 Å². The van der Waals surface area contributed by atoms with Crippen LogP contribution >= 0.6 is 34.2 Å². The fourth-order valence-corrected chi connectivity index (χ4v) is 2.80. The first-order valence-electron chi connectivity index (χ1n) is 5.96. The van der Waals surface area contributed by atoms with E-state index in [2.05, 4.69) is 34.7 Å². The highest BCUT2D eigenvalue weighted by Gasteiger charge is 2.24. The van der Waals surface area contributed by atoms with E-state index < -0.39 is 0 Å². The van der Waals surface area contributed by atoms with Gasteiger partial charge in [0.2, 0.25) is 0 Å². The quantitative estimate of drug-likeness (QED) is 0.679. The minimum Gasteiger partial charge on any atom is -0.330 e. The molecule has 0 bridgehead atoms. The van der Waals surface area contributed by atoms with Crippen LogP contribution in [-0.4, -0.2) is 10.8 Å². The van der Waals surface area contributed by atoms with Crippen LogP contribution in [0.3, 0.4) is 0 Å². The fraction of sp³-hybridized carbons (Fsp3) is 0.133. The highest BCUT2D eigenvalue weighted by atomic mass is 127. The molecule has 1 heterocycles. The number of amides is 1. The Bertz CT molecular complexity index is 631. The van der Waals surface area contributed by atoms with Crippen molar-refractivity contribution >= 4 is 40.1 Å². The molecule has 0 unspecified atom stereocenters. The van der Waals surface area contributed by atoms with Gasteiger partial charge in [-0.25, -0.2) is 0 Å². The molecule has 0 N–H and O–H groups in total. The second-order valence-electron chi connectivity index (χ2n) is 4.56. The maximum atomic E-state index is 12.4. The SMILES string of the molecule is O=C(c1ccc(I)c(Cl)c1)N1Cc2ccccc2C1. The van der Waals surface area contributed by atoms with Gasteiger partial charge in [-0.3, -0.25) is 4.79 Å². The second kappa shape index (κ2) is 5.13. The summed E-state index contributed by atoms with van der Waals surface area (Å²) < 4.78 is 0.959. The molecule has 1 aliphatic heterocycles. The van der Waals surface area contributed by atoms with E-state index in [9.17, 15) is 4.79 Å². The van der Waals surface area contributed by atoms with Crippen LogP contribution in [0.5, 0.6) is 0 Å². The molecule has 0 aliphatic carbocycles. The molecule has 1 aliphatic rings. The van der Waals surface area contributed by atoms with Crippen molar-refractivity contribution in [2.75, 3.05) is 0 Å². The molecular formula is C15H11ClINO. The Balaban J connectivity index is 1.85. The van der Waals surface area contributed by atoms with E-state index in [-0.39, 0.29) is 5.91 Å². The zero-order chi connectivity index (χ0) is 13.4. The molecule has 0 aromatic heterocycles. The smallest absolute Gasteiger partial charge is 0.254 e. The summed E-state index contributed by atoms with van der Waals surface area (Å²) in [5, 5.41) is 0.628. The number of nitrogens with zero attached hydrogens (tertiary/aromatic N) is 1. The third kappa shape index (κ3) is 2.49. The molecule has 0 fully saturated rings. The van der Waals surface area contributed by atoms with Crippen LogP contribution in [0.25, 0.3) is 0 Å². The number of carbonyl (C=O) groups is 1. The highest BCUT2D eigenvalue weighted by molar-refractivity contribution is 14.1. The number of fused-ring (bicyclic) bond motifs is 1. The summed E-state index contributed by atoms with van der Waals surface area (Å²) in [5.41, 5.74) is 3.11. The topological polar surface area (TPSA) is 20.3 Å². The summed E-state index contributed by atoms with van der Waals surface area (Å²) in [5.74, 6) is 0.0366. The minimum absolute atomic E-state index is 0.0366. The summed E-state index contributed by atoms with van der Waals surface area (Å²) in [6.07, 6.45) is 0. The van der Waals surface area contributed by atoms with Gasteiger partial charge in [0.15, 0.2) is 0 Å². The van der Waals surface area contributed by atoms with Crippen molar-refractivity contribution < 1.29 is 4.79 Å². The first kappa shape index (κ1) is 12.9. The van der Waals surface area contributed by atoms with Gasteiger partial charge in [0.05, 0.1) is 5.02 Å². The van der Waals surface area contributed by atoms with Gasteiger partial charge in [-0.1, -0.05) is 35.9 Å². The maximum Gasteiger partial charge on any atom is 0.254 e. The van der Waals surface area contributed by atoms with Crippen LogP contribution in [0, 0.1) is 3.57 Å². The van der Waals surface area contributed by atoms with Gasteiger partial charge < -0.3 is 4.90 Å². The molecule has 0 saturated heterocycles. The van der Waals surface area contributed by atoms with E-state index in [0.29, 0.717) is 23.7 Å². The molecule has 96 valence electrons. The van der Waals surface area contributed by atoms with Gasteiger partial charge in [0, 0.05) is 22.2 Å². The number of halogens is 2. The van der Waals surface area contributed by atoms with E-state index in [4.69, 9.17) is 11.6 Å². The molecule has 0 radical (unpaired) electrons. The Morgan fingerprint density at radius 2 is 1.74 bits per heavy atom. The zero-order valence-electron chi connectivity index (χ0n) is 10.1. The fourth-order valence-electron chi connectivity index (χ4n) is 2.29. The van der Waals surface area contributed by atoms with Crippen LogP contribution in [0.1, 0.15) is 21.5 Å². The normalized spacial score (nSPS) is 13.5. The Morgan fingerprint density at radius 1 is 1.11 bits per heavy atom. The van der Waals surface area contributed by atoms with Crippen molar-refractivity contribution in [2.24, 2.45) is 0 Å². The molecule has 2 aromatic rings. The molecule has 0 atom stereocenters. The van der Waals surface area contributed by atoms with Crippen LogP contribution in [0.4, 0.5) is 0 Å². The predicted octanol–water partition coefficient (Wildman–Crippen LogP) is 4.10. The lowest BCUT2D eigenvalue weighted by Gasteiger charge is -2.15. The van der Waals surface area contributed by atoms with Gasteiger partial charge in [-0.05, 0) is 51.9 Å². The lowest BCUT2D eigenvalue weighted by molar-refractivity contribution is 0.0751. The number of carbonyl (C=O) groups excluding carboxylic acids is 1. The molecule has 1 amide bonds. The largest absolute Gasteiger partial charge is 0.330 e. The molecule has 2 nitrogen and oxygen atoms in total. The Labute approximate surface area is 130 Å². The van der Waals surface area contributed by atoms with Crippen LogP contribution in [0.15, 0.2) is 42.5 Å². The van der Waals surface area contributed by atoms with Gasteiger partial charge in [-0.2, -0.15) is 0 Å². The van der Waals surface area contributed by atoms with Crippen molar-refractivity contribution in [3.63, 3.8) is 0 Å². The number of hydrogen-bond donors (Lipinski definition) is 0. The van der Waals surface area contributed by atoms with Crippen LogP contribution in [-0.2, 0) is 13.1 Å². The summed E-state index contributed by atoms with van der Waals surface area (Å²) in [6, 6.07) is 13.6. The zero-order valence-corrected chi connectivity index (χ0v) is 13.0. The molecule has 19 heavy (non-hydrogen) atoms. The van der Waals surface area contributed by atoms with Gasteiger partial charge in [0.25, 0.3) is 5.91 Å². The lowest BCUT2D eigenvalue weighted by atomic mass is 10.1. The lowest BCUT2D eigenvalue weighted by Crippen LogP contribution is -2.25. The summed E-state index contributed by atoms with van der Waals surface area (Å²) >= 11 is 8.23. The average molecular weight is 384 g/mol. The summed E-state index contributed by atoms with van der Waals surface area (Å²) in [7, 11) is 0. The first-order valence-corrected chi connectivity index (χ1v) is 7.42. The Hall–Kier alpha value is -1.07. The van der Waals surface area contributed by atoms with E-state index in [1.165, 1.54) is 11.1 Å².